The van der Waals surface area contributed by atoms with Gasteiger partial charge in [-0.1, -0.05) is 37.3 Å². The maximum Gasteiger partial charge on any atom is 0.143 e. The van der Waals surface area contributed by atoms with Crippen molar-refractivity contribution in [2.75, 3.05) is 6.61 Å². The molecule has 0 saturated carbocycles. The lowest BCUT2D eigenvalue weighted by Gasteiger charge is -2.24. The van der Waals surface area contributed by atoms with E-state index in [1.165, 1.54) is 0 Å². The number of hydrogen-bond acceptors (Lipinski definition) is 2. The Balaban J connectivity index is 2.02. The van der Waals surface area contributed by atoms with E-state index in [4.69, 9.17) is 4.74 Å². The number of ketones is 1. The van der Waals surface area contributed by atoms with Crippen LogP contribution in [0.1, 0.15) is 25.3 Å². The predicted molar refractivity (Wildman–Crippen MR) is 68.2 cm³/mol. The van der Waals surface area contributed by atoms with Crippen LogP contribution in [0.3, 0.4) is 0 Å². The summed E-state index contributed by atoms with van der Waals surface area (Å²) in [6.45, 7) is 6.43. The number of carbonyl (C=O) groups excluding carboxylic acids is 1. The van der Waals surface area contributed by atoms with Crippen molar-refractivity contribution in [3.63, 3.8) is 0 Å². The highest BCUT2D eigenvalue weighted by Crippen LogP contribution is 2.28. The third-order valence-corrected chi connectivity index (χ3v) is 3.26. The molecule has 0 fully saturated rings. The van der Waals surface area contributed by atoms with Crippen LogP contribution in [0.2, 0.25) is 0 Å². The van der Waals surface area contributed by atoms with Crippen molar-refractivity contribution < 1.29 is 9.53 Å². The molecule has 1 atom stereocenters. The Hall–Kier alpha value is -1.57. The normalized spacial score (nSPS) is 18.1. The second-order valence-corrected chi connectivity index (χ2v) is 4.57. The summed E-state index contributed by atoms with van der Waals surface area (Å²) in [6, 6.07) is 7.93. The first kappa shape index (κ1) is 11.9. The van der Waals surface area contributed by atoms with E-state index in [0.717, 1.165) is 29.7 Å². The number of ether oxygens (including phenoxy) is 1. The fourth-order valence-electron chi connectivity index (χ4n) is 2.05. The topological polar surface area (TPSA) is 26.3 Å². The Morgan fingerprint density at radius 2 is 2.24 bits per heavy atom. The van der Waals surface area contributed by atoms with Gasteiger partial charge in [-0.25, -0.2) is 0 Å². The number of hydrogen-bond donors (Lipinski definition) is 0. The Morgan fingerprint density at radius 3 is 3.00 bits per heavy atom. The number of fused-ring (bicyclic) bond motifs is 1. The van der Waals surface area contributed by atoms with E-state index in [1.54, 1.807) is 0 Å². The monoisotopic (exact) mass is 230 g/mol. The zero-order valence-electron chi connectivity index (χ0n) is 10.2. The predicted octanol–water partition coefficient (Wildman–Crippen LogP) is 3.16. The summed E-state index contributed by atoms with van der Waals surface area (Å²) in [7, 11) is 0. The van der Waals surface area contributed by atoms with Crippen molar-refractivity contribution in [2.24, 2.45) is 5.92 Å². The Morgan fingerprint density at radius 1 is 1.47 bits per heavy atom. The molecule has 90 valence electrons. The molecule has 0 amide bonds. The maximum atomic E-state index is 12.0. The standard InChI is InChI=1S/C15H18O2/c1-3-11(2)8-14(16)13-9-12-6-4-5-7-15(12)17-10-13/h4-7,13H,2-3,8-10H2,1H3. The third-order valence-electron chi connectivity index (χ3n) is 3.26. The van der Waals surface area contributed by atoms with Crippen molar-refractivity contribution >= 4 is 5.78 Å². The summed E-state index contributed by atoms with van der Waals surface area (Å²) >= 11 is 0. The second-order valence-electron chi connectivity index (χ2n) is 4.57. The molecule has 17 heavy (non-hydrogen) atoms. The van der Waals surface area contributed by atoms with Crippen molar-refractivity contribution in [1.82, 2.24) is 0 Å². The van der Waals surface area contributed by atoms with Gasteiger partial charge in [0.25, 0.3) is 0 Å². The van der Waals surface area contributed by atoms with Gasteiger partial charge >= 0.3 is 0 Å². The highest BCUT2D eigenvalue weighted by atomic mass is 16.5. The van der Waals surface area contributed by atoms with Crippen LogP contribution in [0.4, 0.5) is 0 Å². The first-order chi connectivity index (χ1) is 8.20. The van der Waals surface area contributed by atoms with Crippen LogP contribution in [0, 0.1) is 5.92 Å². The Bertz CT molecular complexity index is 434. The van der Waals surface area contributed by atoms with E-state index in [1.807, 2.05) is 31.2 Å². The summed E-state index contributed by atoms with van der Waals surface area (Å²) in [5.41, 5.74) is 2.15. The van der Waals surface area contributed by atoms with Crippen LogP contribution < -0.4 is 4.74 Å². The van der Waals surface area contributed by atoms with Crippen LogP contribution in [-0.4, -0.2) is 12.4 Å². The highest BCUT2D eigenvalue weighted by Gasteiger charge is 2.25. The van der Waals surface area contributed by atoms with Crippen molar-refractivity contribution in [1.29, 1.82) is 0 Å². The van der Waals surface area contributed by atoms with Crippen LogP contribution in [0.25, 0.3) is 0 Å². The minimum absolute atomic E-state index is 0.00630. The maximum absolute atomic E-state index is 12.0. The highest BCUT2D eigenvalue weighted by molar-refractivity contribution is 5.83. The van der Waals surface area contributed by atoms with Crippen LogP contribution in [0.5, 0.6) is 5.75 Å². The van der Waals surface area contributed by atoms with Crippen molar-refractivity contribution in [3.05, 3.63) is 42.0 Å². The van der Waals surface area contributed by atoms with Gasteiger partial charge in [-0.15, -0.1) is 0 Å². The number of Topliss-reactive ketones (excluding diaryl/α,β-unsaturated/α-hetero) is 1. The molecule has 1 unspecified atom stereocenters. The van der Waals surface area contributed by atoms with Gasteiger partial charge in [0.1, 0.15) is 11.5 Å². The van der Waals surface area contributed by atoms with Gasteiger partial charge in [0.15, 0.2) is 0 Å². The molecular weight excluding hydrogens is 212 g/mol. The minimum atomic E-state index is -0.00630. The van der Waals surface area contributed by atoms with E-state index in [0.29, 0.717) is 13.0 Å². The summed E-state index contributed by atoms with van der Waals surface area (Å²) in [5, 5.41) is 0. The fraction of sp³-hybridized carbons (Fsp3) is 0.400. The molecule has 1 heterocycles. The number of carbonyl (C=O) groups is 1. The average molecular weight is 230 g/mol. The van der Waals surface area contributed by atoms with Gasteiger partial charge in [-0.05, 0) is 24.5 Å². The van der Waals surface area contributed by atoms with Gasteiger partial charge in [-0.2, -0.15) is 0 Å². The quantitative estimate of drug-likeness (QED) is 0.743. The summed E-state index contributed by atoms with van der Waals surface area (Å²) < 4.78 is 5.62. The van der Waals surface area contributed by atoms with E-state index < -0.39 is 0 Å². The molecule has 1 aromatic carbocycles. The summed E-state index contributed by atoms with van der Waals surface area (Å²) in [4.78, 5) is 12.0. The van der Waals surface area contributed by atoms with Gasteiger partial charge < -0.3 is 4.74 Å². The molecule has 0 saturated heterocycles. The molecule has 0 radical (unpaired) electrons. The smallest absolute Gasteiger partial charge is 0.143 e. The van der Waals surface area contributed by atoms with E-state index >= 15 is 0 Å². The second kappa shape index (κ2) is 5.17. The molecule has 0 aliphatic carbocycles. The number of para-hydroxylation sites is 1. The molecule has 1 aliphatic rings. The zero-order valence-corrected chi connectivity index (χ0v) is 10.2. The van der Waals surface area contributed by atoms with Crippen LogP contribution in [-0.2, 0) is 11.2 Å². The Kier molecular flexibility index (Phi) is 3.62. The van der Waals surface area contributed by atoms with Crippen molar-refractivity contribution in [2.45, 2.75) is 26.2 Å². The minimum Gasteiger partial charge on any atom is -0.493 e. The van der Waals surface area contributed by atoms with Gasteiger partial charge in [0, 0.05) is 6.42 Å². The molecule has 1 aromatic rings. The molecule has 0 bridgehead atoms. The lowest BCUT2D eigenvalue weighted by Crippen LogP contribution is -2.28. The summed E-state index contributed by atoms with van der Waals surface area (Å²) in [6.07, 6.45) is 2.16. The number of rotatable bonds is 4. The largest absolute Gasteiger partial charge is 0.493 e. The van der Waals surface area contributed by atoms with Gasteiger partial charge in [-0.3, -0.25) is 4.79 Å². The lowest BCUT2D eigenvalue weighted by atomic mass is 9.90. The van der Waals surface area contributed by atoms with E-state index in [-0.39, 0.29) is 11.7 Å². The average Bonchev–Trinajstić information content (AvgIpc) is 2.38. The number of allylic oxidation sites excluding steroid dienone is 1. The fourth-order valence-corrected chi connectivity index (χ4v) is 2.05. The number of benzene rings is 1. The molecule has 0 aromatic heterocycles. The molecule has 0 N–H and O–H groups in total. The first-order valence-corrected chi connectivity index (χ1v) is 6.10. The van der Waals surface area contributed by atoms with Crippen LogP contribution >= 0.6 is 0 Å². The molecular formula is C15H18O2. The zero-order chi connectivity index (χ0) is 12.3. The Labute approximate surface area is 102 Å². The van der Waals surface area contributed by atoms with Crippen LogP contribution in [0.15, 0.2) is 36.4 Å². The van der Waals surface area contributed by atoms with E-state index in [2.05, 4.69) is 6.58 Å². The lowest BCUT2D eigenvalue weighted by molar-refractivity contribution is -0.123. The third kappa shape index (κ3) is 2.76. The molecule has 2 nitrogen and oxygen atoms in total. The molecule has 2 rings (SSSR count). The summed E-state index contributed by atoms with van der Waals surface area (Å²) in [5.74, 6) is 1.17. The van der Waals surface area contributed by atoms with E-state index in [9.17, 15) is 4.79 Å². The SMILES string of the molecule is C=C(CC)CC(=O)C1COc2ccccc2C1. The molecule has 2 heteroatoms. The van der Waals surface area contributed by atoms with Crippen molar-refractivity contribution in [3.8, 4) is 5.75 Å². The molecule has 0 spiro atoms. The first-order valence-electron chi connectivity index (χ1n) is 6.10. The van der Waals surface area contributed by atoms with Gasteiger partial charge in [0.05, 0.1) is 12.5 Å². The molecule has 1 aliphatic heterocycles. The van der Waals surface area contributed by atoms with Gasteiger partial charge in [0.2, 0.25) is 0 Å².